The standard InChI is InChI=1S/C15H24ClN3/c1-12(2)10-18-5-7-19(8-6-18)11-13-3-4-14(17)9-15(13)16/h3-4,9,12H,5-8,10-11,17H2,1-2H3. The van der Waals surface area contributed by atoms with Crippen LogP contribution in [0, 0.1) is 5.92 Å². The van der Waals surface area contributed by atoms with Crippen molar-refractivity contribution in [3.05, 3.63) is 28.8 Å². The van der Waals surface area contributed by atoms with Crippen LogP contribution in [0.1, 0.15) is 19.4 Å². The summed E-state index contributed by atoms with van der Waals surface area (Å²) >= 11 is 6.23. The van der Waals surface area contributed by atoms with Crippen LogP contribution < -0.4 is 5.73 Å². The SMILES string of the molecule is CC(C)CN1CCN(Cc2ccc(N)cc2Cl)CC1. The molecule has 0 aliphatic carbocycles. The maximum atomic E-state index is 6.23. The first kappa shape index (κ1) is 14.6. The van der Waals surface area contributed by atoms with Gasteiger partial charge in [-0.3, -0.25) is 4.90 Å². The second-order valence-electron chi connectivity index (χ2n) is 5.82. The first-order chi connectivity index (χ1) is 9.04. The number of nitrogens with two attached hydrogens (primary N) is 1. The molecule has 1 aliphatic heterocycles. The van der Waals surface area contributed by atoms with E-state index >= 15 is 0 Å². The topological polar surface area (TPSA) is 32.5 Å². The van der Waals surface area contributed by atoms with Crippen molar-refractivity contribution in [2.75, 3.05) is 38.5 Å². The number of piperazine rings is 1. The maximum absolute atomic E-state index is 6.23. The lowest BCUT2D eigenvalue weighted by Gasteiger charge is -2.35. The number of hydrogen-bond acceptors (Lipinski definition) is 3. The van der Waals surface area contributed by atoms with Crippen LogP contribution in [-0.4, -0.2) is 42.5 Å². The van der Waals surface area contributed by atoms with E-state index in [1.165, 1.54) is 12.1 Å². The second kappa shape index (κ2) is 6.60. The summed E-state index contributed by atoms with van der Waals surface area (Å²) in [5.41, 5.74) is 7.63. The molecule has 0 unspecified atom stereocenters. The van der Waals surface area contributed by atoms with Crippen LogP contribution in [0.15, 0.2) is 18.2 Å². The average Bonchev–Trinajstić information content (AvgIpc) is 2.34. The van der Waals surface area contributed by atoms with Crippen LogP contribution in [-0.2, 0) is 6.54 Å². The Labute approximate surface area is 121 Å². The molecule has 2 N–H and O–H groups in total. The summed E-state index contributed by atoms with van der Waals surface area (Å²) in [6.45, 7) is 11.2. The number of nitrogens with zero attached hydrogens (tertiary/aromatic N) is 2. The monoisotopic (exact) mass is 281 g/mol. The Morgan fingerprint density at radius 1 is 1.16 bits per heavy atom. The minimum Gasteiger partial charge on any atom is -0.399 e. The molecule has 1 fully saturated rings. The van der Waals surface area contributed by atoms with Crippen molar-refractivity contribution in [2.24, 2.45) is 5.92 Å². The number of rotatable bonds is 4. The molecule has 2 rings (SSSR count). The van der Waals surface area contributed by atoms with E-state index in [1.54, 1.807) is 0 Å². The highest BCUT2D eigenvalue weighted by Crippen LogP contribution is 2.21. The van der Waals surface area contributed by atoms with Crippen molar-refractivity contribution in [1.29, 1.82) is 0 Å². The van der Waals surface area contributed by atoms with Crippen molar-refractivity contribution in [3.63, 3.8) is 0 Å². The van der Waals surface area contributed by atoms with Gasteiger partial charge in [0.15, 0.2) is 0 Å². The third-order valence-corrected chi connectivity index (χ3v) is 3.91. The molecule has 0 spiro atoms. The van der Waals surface area contributed by atoms with Gasteiger partial charge in [-0.05, 0) is 23.6 Å². The Morgan fingerprint density at radius 2 is 1.79 bits per heavy atom. The summed E-state index contributed by atoms with van der Waals surface area (Å²) in [5, 5.41) is 0.782. The Bertz CT molecular complexity index is 412. The molecule has 1 aromatic rings. The van der Waals surface area contributed by atoms with E-state index < -0.39 is 0 Å². The Morgan fingerprint density at radius 3 is 2.37 bits per heavy atom. The summed E-state index contributed by atoms with van der Waals surface area (Å²) in [7, 11) is 0. The lowest BCUT2D eigenvalue weighted by molar-refractivity contribution is 0.117. The van der Waals surface area contributed by atoms with Crippen LogP contribution in [0.4, 0.5) is 5.69 Å². The molecule has 0 bridgehead atoms. The molecule has 0 atom stereocenters. The summed E-state index contributed by atoms with van der Waals surface area (Å²) in [6.07, 6.45) is 0. The quantitative estimate of drug-likeness (QED) is 0.862. The summed E-state index contributed by atoms with van der Waals surface area (Å²) in [5.74, 6) is 0.748. The Kier molecular flexibility index (Phi) is 5.08. The molecule has 0 radical (unpaired) electrons. The molecule has 1 aliphatic rings. The second-order valence-corrected chi connectivity index (χ2v) is 6.23. The molecule has 3 nitrogen and oxygen atoms in total. The van der Waals surface area contributed by atoms with E-state index in [2.05, 4.69) is 23.6 Å². The molecule has 0 saturated carbocycles. The van der Waals surface area contributed by atoms with Gasteiger partial charge in [0.1, 0.15) is 0 Å². The van der Waals surface area contributed by atoms with Gasteiger partial charge in [0.2, 0.25) is 0 Å². The number of anilines is 1. The van der Waals surface area contributed by atoms with E-state index in [0.717, 1.165) is 49.4 Å². The van der Waals surface area contributed by atoms with Gasteiger partial charge < -0.3 is 10.6 Å². The molecule has 1 heterocycles. The lowest BCUT2D eigenvalue weighted by Crippen LogP contribution is -2.46. The van der Waals surface area contributed by atoms with Crippen molar-refractivity contribution in [3.8, 4) is 0 Å². The van der Waals surface area contributed by atoms with Gasteiger partial charge >= 0.3 is 0 Å². The summed E-state index contributed by atoms with van der Waals surface area (Å²) in [6, 6.07) is 5.81. The van der Waals surface area contributed by atoms with Gasteiger partial charge in [-0.2, -0.15) is 0 Å². The van der Waals surface area contributed by atoms with Gasteiger partial charge in [0, 0.05) is 50.0 Å². The van der Waals surface area contributed by atoms with E-state index in [0.29, 0.717) is 0 Å². The fourth-order valence-corrected chi connectivity index (χ4v) is 2.83. The third-order valence-electron chi connectivity index (χ3n) is 3.56. The van der Waals surface area contributed by atoms with Crippen LogP contribution in [0.2, 0.25) is 5.02 Å². The fraction of sp³-hybridized carbons (Fsp3) is 0.600. The van der Waals surface area contributed by atoms with E-state index in [1.807, 2.05) is 18.2 Å². The number of benzene rings is 1. The zero-order chi connectivity index (χ0) is 13.8. The van der Waals surface area contributed by atoms with Crippen LogP contribution >= 0.6 is 11.6 Å². The van der Waals surface area contributed by atoms with E-state index in [9.17, 15) is 0 Å². The molecule has 19 heavy (non-hydrogen) atoms. The molecule has 1 aromatic carbocycles. The molecule has 0 amide bonds. The molecular formula is C15H24ClN3. The summed E-state index contributed by atoms with van der Waals surface area (Å²) < 4.78 is 0. The molecule has 4 heteroatoms. The van der Waals surface area contributed by atoms with Crippen LogP contribution in [0.5, 0.6) is 0 Å². The molecular weight excluding hydrogens is 258 g/mol. The molecule has 106 valence electrons. The van der Waals surface area contributed by atoms with E-state index in [-0.39, 0.29) is 0 Å². The Balaban J connectivity index is 1.85. The van der Waals surface area contributed by atoms with Gasteiger partial charge in [-0.1, -0.05) is 31.5 Å². The first-order valence-corrected chi connectivity index (χ1v) is 7.41. The number of hydrogen-bond donors (Lipinski definition) is 1. The van der Waals surface area contributed by atoms with Crippen molar-refractivity contribution in [1.82, 2.24) is 9.80 Å². The molecule has 0 aromatic heterocycles. The van der Waals surface area contributed by atoms with Gasteiger partial charge in [-0.25, -0.2) is 0 Å². The van der Waals surface area contributed by atoms with Gasteiger partial charge in [-0.15, -0.1) is 0 Å². The zero-order valence-corrected chi connectivity index (χ0v) is 12.7. The first-order valence-electron chi connectivity index (χ1n) is 7.03. The average molecular weight is 282 g/mol. The highest BCUT2D eigenvalue weighted by Gasteiger charge is 2.18. The normalized spacial score (nSPS) is 18.1. The van der Waals surface area contributed by atoms with E-state index in [4.69, 9.17) is 17.3 Å². The van der Waals surface area contributed by atoms with Crippen molar-refractivity contribution < 1.29 is 0 Å². The van der Waals surface area contributed by atoms with Crippen LogP contribution in [0.25, 0.3) is 0 Å². The number of halogens is 1. The largest absolute Gasteiger partial charge is 0.399 e. The highest BCUT2D eigenvalue weighted by molar-refractivity contribution is 6.31. The minimum absolute atomic E-state index is 0.732. The third kappa shape index (κ3) is 4.37. The van der Waals surface area contributed by atoms with Gasteiger partial charge in [0.25, 0.3) is 0 Å². The highest BCUT2D eigenvalue weighted by atomic mass is 35.5. The smallest absolute Gasteiger partial charge is 0.0471 e. The predicted molar refractivity (Wildman–Crippen MR) is 82.4 cm³/mol. The van der Waals surface area contributed by atoms with Crippen LogP contribution in [0.3, 0.4) is 0 Å². The maximum Gasteiger partial charge on any atom is 0.0471 e. The zero-order valence-electron chi connectivity index (χ0n) is 11.9. The minimum atomic E-state index is 0.732. The predicted octanol–water partition coefficient (Wildman–Crippen LogP) is 2.70. The van der Waals surface area contributed by atoms with Crippen molar-refractivity contribution >= 4 is 17.3 Å². The lowest BCUT2D eigenvalue weighted by atomic mass is 10.1. The number of nitrogen functional groups attached to an aromatic ring is 1. The molecule has 1 saturated heterocycles. The summed E-state index contributed by atoms with van der Waals surface area (Å²) in [4.78, 5) is 5.01. The van der Waals surface area contributed by atoms with Gasteiger partial charge in [0.05, 0.1) is 0 Å². The van der Waals surface area contributed by atoms with Crippen molar-refractivity contribution in [2.45, 2.75) is 20.4 Å². The fourth-order valence-electron chi connectivity index (χ4n) is 2.58. The Hall–Kier alpha value is -0.770.